The van der Waals surface area contributed by atoms with Gasteiger partial charge in [0.1, 0.15) is 11.4 Å². The molecule has 0 amide bonds. The van der Waals surface area contributed by atoms with E-state index in [-0.39, 0.29) is 5.75 Å². The summed E-state index contributed by atoms with van der Waals surface area (Å²) in [4.78, 5) is 4.80. The fraction of sp³-hybridized carbons (Fsp3) is 0.269. The molecule has 168 valence electrons. The lowest BCUT2D eigenvalue weighted by atomic mass is 10.0. The number of nitrogens with zero attached hydrogens (tertiary/aromatic N) is 3. The van der Waals surface area contributed by atoms with Gasteiger partial charge in [-0.1, -0.05) is 41.6 Å². The van der Waals surface area contributed by atoms with E-state index in [0.29, 0.717) is 18.9 Å². The number of rotatable bonds is 5. The largest absolute Gasteiger partial charge is 0.507 e. The van der Waals surface area contributed by atoms with Crippen LogP contribution in [0.25, 0.3) is 22.2 Å². The Bertz CT molecular complexity index is 1280. The Morgan fingerprint density at radius 3 is 2.39 bits per heavy atom. The third kappa shape index (κ3) is 3.90. The summed E-state index contributed by atoms with van der Waals surface area (Å²) in [7, 11) is 0. The van der Waals surface area contributed by atoms with Gasteiger partial charge in [-0.15, -0.1) is 0 Å². The number of phenolic OH excluding ortho intramolecular Hbond substituents is 1. The second-order valence-electron chi connectivity index (χ2n) is 8.58. The van der Waals surface area contributed by atoms with Crippen LogP contribution in [0, 0.1) is 0 Å². The molecule has 0 saturated carbocycles. The van der Waals surface area contributed by atoms with E-state index >= 15 is 0 Å². The highest BCUT2D eigenvalue weighted by atomic mass is 16.7. The van der Waals surface area contributed by atoms with E-state index in [9.17, 15) is 5.11 Å². The van der Waals surface area contributed by atoms with Crippen LogP contribution in [0.3, 0.4) is 0 Å². The molecular weight excluding hydrogens is 418 g/mol. The Balaban J connectivity index is 1.14. The summed E-state index contributed by atoms with van der Waals surface area (Å²) in [6.45, 7) is 5.56. The molecule has 0 aliphatic carbocycles. The van der Waals surface area contributed by atoms with Crippen molar-refractivity contribution in [2.75, 3.05) is 33.0 Å². The number of hydrogen-bond acceptors (Lipinski definition) is 7. The molecule has 1 fully saturated rings. The Kier molecular flexibility index (Phi) is 5.13. The first-order valence-corrected chi connectivity index (χ1v) is 11.2. The smallest absolute Gasteiger partial charge is 0.231 e. The van der Waals surface area contributed by atoms with Crippen LogP contribution in [0.4, 0.5) is 0 Å². The second kappa shape index (κ2) is 8.42. The van der Waals surface area contributed by atoms with Crippen LogP contribution in [-0.4, -0.2) is 53.0 Å². The van der Waals surface area contributed by atoms with Crippen LogP contribution in [0.1, 0.15) is 11.1 Å². The van der Waals surface area contributed by atoms with Gasteiger partial charge in [0.15, 0.2) is 17.1 Å². The van der Waals surface area contributed by atoms with Gasteiger partial charge in [-0.2, -0.15) is 0 Å². The maximum atomic E-state index is 10.6. The normalized spacial score (nSPS) is 16.5. The number of ether oxygens (including phenoxy) is 2. The van der Waals surface area contributed by atoms with Crippen molar-refractivity contribution in [3.05, 3.63) is 71.8 Å². The van der Waals surface area contributed by atoms with Crippen molar-refractivity contribution in [1.82, 2.24) is 15.0 Å². The molecule has 0 bridgehead atoms. The highest BCUT2D eigenvalue weighted by molar-refractivity contribution is 5.94. The number of aromatic hydroxyl groups is 1. The van der Waals surface area contributed by atoms with Crippen LogP contribution in [0.15, 0.2) is 65.2 Å². The van der Waals surface area contributed by atoms with Gasteiger partial charge in [0, 0.05) is 44.8 Å². The number of phenols is 1. The summed E-state index contributed by atoms with van der Waals surface area (Å²) in [5.74, 6) is 1.90. The molecule has 2 aliphatic heterocycles. The van der Waals surface area contributed by atoms with Gasteiger partial charge in [-0.05, 0) is 29.8 Å². The van der Waals surface area contributed by atoms with Crippen molar-refractivity contribution in [1.29, 1.82) is 0 Å². The molecule has 1 saturated heterocycles. The molecule has 3 aromatic carbocycles. The summed E-state index contributed by atoms with van der Waals surface area (Å²) in [5, 5.41) is 15.8. The molecular formula is C26H25N3O4. The van der Waals surface area contributed by atoms with Crippen LogP contribution < -0.4 is 9.47 Å². The summed E-state index contributed by atoms with van der Waals surface area (Å²) in [6, 6.07) is 19.8. The molecule has 0 radical (unpaired) electrons. The molecule has 1 aromatic heterocycles. The first-order valence-electron chi connectivity index (χ1n) is 11.2. The minimum atomic E-state index is 0.251. The van der Waals surface area contributed by atoms with Crippen LogP contribution in [0.5, 0.6) is 17.2 Å². The summed E-state index contributed by atoms with van der Waals surface area (Å²) in [5.41, 5.74) is 4.50. The molecule has 0 atom stereocenters. The van der Waals surface area contributed by atoms with Gasteiger partial charge in [0.05, 0.1) is 10.9 Å². The van der Waals surface area contributed by atoms with Gasteiger partial charge in [-0.3, -0.25) is 9.80 Å². The Labute approximate surface area is 191 Å². The van der Waals surface area contributed by atoms with Crippen molar-refractivity contribution in [3.63, 3.8) is 0 Å². The zero-order valence-corrected chi connectivity index (χ0v) is 18.2. The van der Waals surface area contributed by atoms with Crippen molar-refractivity contribution in [2.24, 2.45) is 0 Å². The van der Waals surface area contributed by atoms with Crippen molar-refractivity contribution in [2.45, 2.75) is 13.1 Å². The Morgan fingerprint density at radius 1 is 0.818 bits per heavy atom. The van der Waals surface area contributed by atoms with Crippen molar-refractivity contribution < 1.29 is 19.1 Å². The Hall–Kier alpha value is -3.55. The lowest BCUT2D eigenvalue weighted by Crippen LogP contribution is -2.45. The predicted octanol–water partition coefficient (Wildman–Crippen LogP) is 4.25. The van der Waals surface area contributed by atoms with Crippen molar-refractivity contribution >= 4 is 11.0 Å². The molecule has 0 spiro atoms. The molecule has 7 nitrogen and oxygen atoms in total. The topological polar surface area (TPSA) is 71.2 Å². The summed E-state index contributed by atoms with van der Waals surface area (Å²) < 4.78 is 16.6. The maximum absolute atomic E-state index is 10.6. The molecule has 2 aliphatic rings. The highest BCUT2D eigenvalue weighted by Crippen LogP contribution is 2.35. The first kappa shape index (κ1) is 20.1. The third-order valence-electron chi connectivity index (χ3n) is 6.46. The molecule has 7 heteroatoms. The van der Waals surface area contributed by atoms with Crippen molar-refractivity contribution in [3.8, 4) is 28.5 Å². The second-order valence-corrected chi connectivity index (χ2v) is 8.58. The first-order chi connectivity index (χ1) is 16.2. The van der Waals surface area contributed by atoms with E-state index in [4.69, 9.17) is 14.0 Å². The number of aromatic nitrogens is 1. The number of hydrogen-bond donors (Lipinski definition) is 1. The van der Waals surface area contributed by atoms with Gasteiger partial charge < -0.3 is 19.1 Å². The van der Waals surface area contributed by atoms with E-state index in [1.165, 1.54) is 5.56 Å². The standard InChI is InChI=1S/C26H25N3O4/c30-22-8-7-20-25(19-4-2-1-3-5-19)27-33-26(20)21(22)16-29-12-10-28(11-13-29)15-18-6-9-23-24(14-18)32-17-31-23/h1-9,14,30H,10-13,15-17H2. The lowest BCUT2D eigenvalue weighted by molar-refractivity contribution is 0.121. The molecule has 0 unspecified atom stereocenters. The lowest BCUT2D eigenvalue weighted by Gasteiger charge is -2.34. The van der Waals surface area contributed by atoms with Crippen LogP contribution in [0.2, 0.25) is 0 Å². The monoisotopic (exact) mass is 443 g/mol. The Morgan fingerprint density at radius 2 is 1.58 bits per heavy atom. The molecule has 3 heterocycles. The summed E-state index contributed by atoms with van der Waals surface area (Å²) >= 11 is 0. The third-order valence-corrected chi connectivity index (χ3v) is 6.46. The minimum absolute atomic E-state index is 0.251. The average molecular weight is 444 g/mol. The van der Waals surface area contributed by atoms with Crippen LogP contribution >= 0.6 is 0 Å². The molecule has 1 N–H and O–H groups in total. The summed E-state index contributed by atoms with van der Waals surface area (Å²) in [6.07, 6.45) is 0. The van der Waals surface area contributed by atoms with Gasteiger partial charge in [-0.25, -0.2) is 0 Å². The van der Waals surface area contributed by atoms with Gasteiger partial charge in [0.2, 0.25) is 6.79 Å². The zero-order chi connectivity index (χ0) is 22.2. The van der Waals surface area contributed by atoms with Gasteiger partial charge in [0.25, 0.3) is 0 Å². The number of piperazine rings is 1. The predicted molar refractivity (Wildman–Crippen MR) is 124 cm³/mol. The minimum Gasteiger partial charge on any atom is -0.507 e. The highest BCUT2D eigenvalue weighted by Gasteiger charge is 2.23. The fourth-order valence-corrected chi connectivity index (χ4v) is 4.63. The van der Waals surface area contributed by atoms with Crippen LogP contribution in [-0.2, 0) is 13.1 Å². The maximum Gasteiger partial charge on any atom is 0.231 e. The quantitative estimate of drug-likeness (QED) is 0.495. The van der Waals surface area contributed by atoms with E-state index in [1.807, 2.05) is 42.5 Å². The molecule has 33 heavy (non-hydrogen) atoms. The van der Waals surface area contributed by atoms with E-state index in [1.54, 1.807) is 6.07 Å². The number of fused-ring (bicyclic) bond motifs is 2. The number of benzene rings is 3. The molecule has 4 aromatic rings. The van der Waals surface area contributed by atoms with E-state index in [2.05, 4.69) is 27.1 Å². The average Bonchev–Trinajstić information content (AvgIpc) is 3.49. The van der Waals surface area contributed by atoms with Gasteiger partial charge >= 0.3 is 0 Å². The SMILES string of the molecule is Oc1ccc2c(-c3ccccc3)noc2c1CN1CCN(Cc2ccc3c(c2)OCO3)CC1. The van der Waals surface area contributed by atoms with E-state index in [0.717, 1.165) is 66.4 Å². The zero-order valence-electron chi connectivity index (χ0n) is 18.2. The molecule has 6 rings (SSSR count). The fourth-order valence-electron chi connectivity index (χ4n) is 4.63. The van der Waals surface area contributed by atoms with E-state index < -0.39 is 0 Å².